The molecule has 0 bridgehead atoms. The van der Waals surface area contributed by atoms with Gasteiger partial charge in [0.15, 0.2) is 0 Å². The highest BCUT2D eigenvalue weighted by molar-refractivity contribution is 8.77. The second-order valence-electron chi connectivity index (χ2n) is 19.9. The summed E-state index contributed by atoms with van der Waals surface area (Å²) in [6, 6.07) is -2.52. The minimum absolute atomic E-state index is 0.0199. The fourth-order valence-electron chi connectivity index (χ4n) is 9.02. The summed E-state index contributed by atoms with van der Waals surface area (Å²) >= 11 is 0. The summed E-state index contributed by atoms with van der Waals surface area (Å²) in [5.74, 6) is -11.6. The number of carbonyl (C=O) groups is 12. The SMILES string of the molecule is CC[C@H](C)[C@@H]1NC(=O)[C@H](Cc2ccc(OC)cc2)NC(=O)CC2(CCCCC2)SSC[C@@H](C(=O)N2CCC[C@H]2C(=O)N[C@@H](CCCN)C(=O)NCC(N)=O)NC(=O)[C@H](CC(N)=O)NC(=O)[C@H](CCC(N)=O)NC1=O.O=C(O)C(F)(F)F. The van der Waals surface area contributed by atoms with Gasteiger partial charge in [0.2, 0.25) is 65.0 Å². The van der Waals surface area contributed by atoms with E-state index in [1.807, 2.05) is 0 Å². The van der Waals surface area contributed by atoms with Crippen molar-refractivity contribution in [1.82, 2.24) is 42.1 Å². The van der Waals surface area contributed by atoms with Crippen LogP contribution >= 0.6 is 21.6 Å². The van der Waals surface area contributed by atoms with Gasteiger partial charge in [-0.15, -0.1) is 0 Å². The van der Waals surface area contributed by atoms with E-state index < -0.39 is 149 Å². The molecule has 1 spiro atoms. The van der Waals surface area contributed by atoms with E-state index in [1.165, 1.54) is 33.6 Å². The first-order valence-electron chi connectivity index (χ1n) is 26.3. The molecule has 1 aliphatic carbocycles. The number of methoxy groups -OCH3 is 1. The van der Waals surface area contributed by atoms with Crippen LogP contribution in [0.3, 0.4) is 0 Å². The minimum atomic E-state index is -5.08. The number of nitrogens with one attached hydrogen (secondary N) is 7. The molecular formula is C50H75F3N12O14S2. The van der Waals surface area contributed by atoms with Gasteiger partial charge in [-0.05, 0) is 75.1 Å². The Kier molecular flexibility index (Phi) is 28.0. The highest BCUT2D eigenvalue weighted by Crippen LogP contribution is 2.48. The Labute approximate surface area is 473 Å². The van der Waals surface area contributed by atoms with Gasteiger partial charge in [0.05, 0.1) is 20.1 Å². The van der Waals surface area contributed by atoms with Crippen molar-refractivity contribution in [3.05, 3.63) is 29.8 Å². The number of carbonyl (C=O) groups excluding carboxylic acids is 11. The smallest absolute Gasteiger partial charge is 0.490 e. The van der Waals surface area contributed by atoms with Crippen molar-refractivity contribution < 1.29 is 80.5 Å². The molecule has 0 aromatic heterocycles. The van der Waals surface area contributed by atoms with E-state index in [0.29, 0.717) is 43.4 Å². The summed E-state index contributed by atoms with van der Waals surface area (Å²) in [5.41, 5.74) is 22.6. The molecule has 11 amide bonds. The number of amides is 11. The number of carboxylic acids is 1. The number of rotatable bonds is 19. The van der Waals surface area contributed by atoms with Crippen LogP contribution in [-0.2, 0) is 64.0 Å². The van der Waals surface area contributed by atoms with Crippen molar-refractivity contribution in [3.63, 3.8) is 0 Å². The molecule has 8 atom stereocenters. The van der Waals surface area contributed by atoms with Gasteiger partial charge in [0.1, 0.15) is 48.0 Å². The first-order chi connectivity index (χ1) is 38.1. The average Bonchev–Trinajstić information content (AvgIpc) is 3.93. The first-order valence-corrected chi connectivity index (χ1v) is 28.6. The van der Waals surface area contributed by atoms with Crippen molar-refractivity contribution in [1.29, 1.82) is 0 Å². The van der Waals surface area contributed by atoms with Crippen LogP contribution < -0.4 is 64.9 Å². The van der Waals surface area contributed by atoms with Gasteiger partial charge >= 0.3 is 12.1 Å². The van der Waals surface area contributed by atoms with E-state index in [4.69, 9.17) is 37.6 Å². The normalized spacial score (nSPS) is 23.0. The Balaban J connectivity index is 0.00000230. The fraction of sp³-hybridized carbons (Fsp3) is 0.640. The number of hydrogen-bond donors (Lipinski definition) is 12. The zero-order valence-corrected chi connectivity index (χ0v) is 47.0. The number of nitrogens with two attached hydrogens (primary N) is 4. The highest BCUT2D eigenvalue weighted by Gasteiger charge is 2.43. The highest BCUT2D eigenvalue weighted by atomic mass is 33.1. The molecule has 1 aromatic rings. The van der Waals surface area contributed by atoms with Crippen molar-refractivity contribution in [2.75, 3.05) is 32.5 Å². The Hall–Kier alpha value is -6.89. The maximum absolute atomic E-state index is 14.8. The number of aliphatic carboxylic acids is 1. The molecular weight excluding hydrogens is 1110 g/mol. The predicted octanol–water partition coefficient (Wildman–Crippen LogP) is -1.21. The van der Waals surface area contributed by atoms with Crippen molar-refractivity contribution in [3.8, 4) is 5.75 Å². The molecule has 26 nitrogen and oxygen atoms in total. The van der Waals surface area contributed by atoms with Crippen LogP contribution in [0.15, 0.2) is 24.3 Å². The average molecular weight is 1190 g/mol. The van der Waals surface area contributed by atoms with Crippen molar-refractivity contribution >= 4 is 92.5 Å². The molecule has 3 aliphatic rings. The molecule has 2 heterocycles. The quantitative estimate of drug-likeness (QED) is 0.0723. The molecule has 1 aromatic carbocycles. The lowest BCUT2D eigenvalue weighted by atomic mass is 9.85. The standard InChI is InChI=1S/C48H74N12O12S2.C2HF3O2/c1-4-27(2)40-46(70)56-31(16-17-36(50)61)42(66)57-33(23-37(51)62)43(67)58-34(47(71)60-21-9-11-35(60)45(69)55-30(10-8-20-49)41(65)53-25-38(52)63)26-73-74-48(18-6-5-7-19-48)24-39(64)54-32(44(68)59-40)22-28-12-14-29(72-3)15-13-28;3-2(4,5)1(6)7/h12-15,27,30-35,40H,4-11,16-26,49H2,1-3H3,(H2,50,61)(H2,51,62)(H2,52,63)(H,53,65)(H,54,64)(H,55,69)(H,56,70)(H,57,66)(H,58,67)(H,59,68);(H,6,7)/t27-,30-,31-,32-,33-,34-,35-,40-;/m0./s1. The van der Waals surface area contributed by atoms with E-state index in [0.717, 1.165) is 19.3 Å². The third kappa shape index (κ3) is 22.9. The van der Waals surface area contributed by atoms with Crippen LogP contribution in [0.4, 0.5) is 13.2 Å². The molecule has 1 saturated carbocycles. The number of hydrogen-bond acceptors (Lipinski definition) is 16. The summed E-state index contributed by atoms with van der Waals surface area (Å²) < 4.78 is 36.3. The van der Waals surface area contributed by atoms with E-state index in [9.17, 15) is 65.9 Å². The van der Waals surface area contributed by atoms with Gasteiger partial charge in [-0.3, -0.25) is 52.7 Å². The van der Waals surface area contributed by atoms with E-state index in [1.54, 1.807) is 38.1 Å². The number of benzene rings is 1. The van der Waals surface area contributed by atoms with Gasteiger partial charge in [-0.2, -0.15) is 13.2 Å². The van der Waals surface area contributed by atoms with Crippen LogP contribution in [0, 0.1) is 5.92 Å². The lowest BCUT2D eigenvalue weighted by Gasteiger charge is -2.37. The van der Waals surface area contributed by atoms with Gasteiger partial charge in [-0.1, -0.05) is 73.3 Å². The zero-order valence-electron chi connectivity index (χ0n) is 45.3. The fourth-order valence-corrected chi connectivity index (χ4v) is 12.4. The number of primary amides is 3. The number of nitrogens with zero attached hydrogens (tertiary/aromatic N) is 1. The lowest BCUT2D eigenvalue weighted by molar-refractivity contribution is -0.192. The van der Waals surface area contributed by atoms with Gasteiger partial charge < -0.3 is 74.9 Å². The number of ether oxygens (including phenoxy) is 1. The maximum Gasteiger partial charge on any atom is 0.490 e. The Morgan fingerprint density at radius 3 is 2.02 bits per heavy atom. The Morgan fingerprint density at radius 1 is 0.840 bits per heavy atom. The van der Waals surface area contributed by atoms with E-state index in [-0.39, 0.29) is 50.9 Å². The van der Waals surface area contributed by atoms with Crippen LogP contribution in [0.1, 0.15) is 109 Å². The molecule has 16 N–H and O–H groups in total. The molecule has 452 valence electrons. The van der Waals surface area contributed by atoms with Crippen LogP contribution in [-0.4, -0.2) is 167 Å². The molecule has 2 aliphatic heterocycles. The summed E-state index contributed by atoms with van der Waals surface area (Å²) in [6.45, 7) is 3.27. The molecule has 3 fully saturated rings. The lowest BCUT2D eigenvalue weighted by Crippen LogP contribution is -2.61. The number of likely N-dealkylation sites (tertiary alicyclic amines) is 1. The molecule has 4 rings (SSSR count). The number of carboxylic acid groups (broad SMARTS) is 1. The molecule has 0 radical (unpaired) electrons. The Morgan fingerprint density at radius 2 is 1.46 bits per heavy atom. The maximum atomic E-state index is 14.8. The monoisotopic (exact) mass is 1190 g/mol. The van der Waals surface area contributed by atoms with Crippen molar-refractivity contribution in [2.45, 2.75) is 163 Å². The zero-order chi connectivity index (χ0) is 60.6. The summed E-state index contributed by atoms with van der Waals surface area (Å²) in [7, 11) is 4.06. The molecule has 81 heavy (non-hydrogen) atoms. The second kappa shape index (κ2) is 33.1. The Bertz CT molecular complexity index is 2400. The number of halogens is 3. The van der Waals surface area contributed by atoms with E-state index >= 15 is 0 Å². The largest absolute Gasteiger partial charge is 0.497 e. The van der Waals surface area contributed by atoms with Crippen LogP contribution in [0.2, 0.25) is 0 Å². The van der Waals surface area contributed by atoms with Gasteiger partial charge in [-0.25, -0.2) is 4.79 Å². The summed E-state index contributed by atoms with van der Waals surface area (Å²) in [4.78, 5) is 160. The third-order valence-electron chi connectivity index (χ3n) is 13.6. The van der Waals surface area contributed by atoms with Crippen LogP contribution in [0.5, 0.6) is 5.75 Å². The van der Waals surface area contributed by atoms with Gasteiger partial charge in [0.25, 0.3) is 0 Å². The second-order valence-corrected chi connectivity index (χ2v) is 22.7. The first kappa shape index (κ1) is 68.4. The molecule has 2 saturated heterocycles. The number of alkyl halides is 3. The molecule has 0 unspecified atom stereocenters. The minimum Gasteiger partial charge on any atom is -0.497 e. The summed E-state index contributed by atoms with van der Waals surface area (Å²) in [6.07, 6.45) is -1.69. The van der Waals surface area contributed by atoms with Crippen LogP contribution in [0.25, 0.3) is 0 Å². The van der Waals surface area contributed by atoms with Crippen molar-refractivity contribution in [2.24, 2.45) is 28.9 Å². The van der Waals surface area contributed by atoms with Gasteiger partial charge in [0, 0.05) is 36.3 Å². The molecule has 31 heteroatoms. The summed E-state index contributed by atoms with van der Waals surface area (Å²) in [5, 5.41) is 25.6. The van der Waals surface area contributed by atoms with E-state index in [2.05, 4.69) is 37.2 Å². The topological polar surface area (TPSA) is 426 Å². The third-order valence-corrected chi connectivity index (χ3v) is 16.9. The predicted molar refractivity (Wildman–Crippen MR) is 289 cm³/mol.